The highest BCUT2D eigenvalue weighted by Crippen LogP contribution is 2.04. The number of hydrogen-bond acceptors (Lipinski definition) is 6. The van der Waals surface area contributed by atoms with Gasteiger partial charge in [0.15, 0.2) is 0 Å². The van der Waals surface area contributed by atoms with Gasteiger partial charge in [0.25, 0.3) is 0 Å². The summed E-state index contributed by atoms with van der Waals surface area (Å²) in [5.41, 5.74) is 4.03. The first-order chi connectivity index (χ1) is 18.7. The molecule has 4 aromatic rings. The van der Waals surface area contributed by atoms with Gasteiger partial charge in [0.05, 0.1) is 26.1 Å². The van der Waals surface area contributed by atoms with E-state index in [1.165, 1.54) is 0 Å². The van der Waals surface area contributed by atoms with Gasteiger partial charge in [0.1, 0.15) is 0 Å². The molecule has 0 aliphatic carbocycles. The quantitative estimate of drug-likeness (QED) is 0.160. The lowest BCUT2D eigenvalue weighted by Crippen LogP contribution is -2.09. The van der Waals surface area contributed by atoms with E-state index in [1.807, 2.05) is 97.1 Å². The van der Waals surface area contributed by atoms with Crippen LogP contribution in [0.4, 0.5) is 0 Å². The molecule has 0 saturated carbocycles. The number of aryl methyl sites for hydroxylation is 2. The number of carbonyl (C=O) groups is 2. The second kappa shape index (κ2) is 19.1. The van der Waals surface area contributed by atoms with E-state index in [2.05, 4.69) is 9.97 Å². The van der Waals surface area contributed by atoms with Gasteiger partial charge in [-0.2, -0.15) is 0 Å². The molecule has 0 aliphatic heterocycles. The molecular formula is C32H35ClN2O4. The minimum Gasteiger partial charge on any atom is -0.465 e. The number of aromatic nitrogens is 2. The van der Waals surface area contributed by atoms with Crippen LogP contribution in [0.1, 0.15) is 35.4 Å². The number of ether oxygens (including phenoxy) is 2. The molecule has 0 saturated heterocycles. The van der Waals surface area contributed by atoms with E-state index in [4.69, 9.17) is 9.47 Å². The van der Waals surface area contributed by atoms with Crippen LogP contribution in [0, 0.1) is 0 Å². The molecule has 0 spiro atoms. The van der Waals surface area contributed by atoms with Gasteiger partial charge in [0, 0.05) is 23.8 Å². The molecule has 0 radical (unpaired) electrons. The van der Waals surface area contributed by atoms with E-state index in [0.717, 1.165) is 48.2 Å². The summed E-state index contributed by atoms with van der Waals surface area (Å²) in [6.45, 7) is 0.893. The molecule has 0 bridgehead atoms. The molecule has 0 amide bonds. The highest BCUT2D eigenvalue weighted by molar-refractivity contribution is 5.85. The van der Waals surface area contributed by atoms with Crippen molar-refractivity contribution < 1.29 is 19.1 Å². The van der Waals surface area contributed by atoms with E-state index in [1.54, 1.807) is 12.4 Å². The first-order valence-electron chi connectivity index (χ1n) is 12.9. The Morgan fingerprint density at radius 1 is 0.538 bits per heavy atom. The molecule has 0 fully saturated rings. The zero-order valence-electron chi connectivity index (χ0n) is 22.0. The van der Waals surface area contributed by atoms with Crippen LogP contribution in [-0.4, -0.2) is 35.1 Å². The number of carbonyl (C=O) groups excluding carboxylic acids is 2. The molecule has 7 heteroatoms. The number of halogens is 1. The summed E-state index contributed by atoms with van der Waals surface area (Å²) in [4.78, 5) is 31.6. The standard InChI is InChI=1S/2C16H17NO2.ClH/c2*18-16(13-14-7-2-1-3-8-14)19-12-6-10-15-9-4-5-11-17-15;/h2*1-5,7-9,11H,6,10,12-13H2;1H. The number of pyridine rings is 2. The highest BCUT2D eigenvalue weighted by Gasteiger charge is 2.05. The Balaban J connectivity index is 0.000000267. The largest absolute Gasteiger partial charge is 0.465 e. The van der Waals surface area contributed by atoms with E-state index in [9.17, 15) is 9.59 Å². The number of esters is 2. The molecule has 39 heavy (non-hydrogen) atoms. The number of nitrogens with zero attached hydrogens (tertiary/aromatic N) is 2. The minimum atomic E-state index is -0.174. The molecule has 0 N–H and O–H groups in total. The molecule has 6 nitrogen and oxygen atoms in total. The molecule has 0 atom stereocenters. The van der Waals surface area contributed by atoms with Crippen LogP contribution in [0.25, 0.3) is 0 Å². The maximum atomic E-state index is 11.6. The van der Waals surface area contributed by atoms with Gasteiger partial charge in [-0.25, -0.2) is 0 Å². The SMILES string of the molecule is Cl.O=C(Cc1ccccc1)OCCCc1ccccn1.O=C(Cc1ccccc1)OCCCc1ccccn1. The Labute approximate surface area is 236 Å². The van der Waals surface area contributed by atoms with Crippen LogP contribution in [0.2, 0.25) is 0 Å². The average Bonchev–Trinajstić information content (AvgIpc) is 2.96. The fraction of sp³-hybridized carbons (Fsp3) is 0.250. The van der Waals surface area contributed by atoms with E-state index in [0.29, 0.717) is 26.1 Å². The molecule has 204 valence electrons. The van der Waals surface area contributed by atoms with Crippen molar-refractivity contribution in [3.8, 4) is 0 Å². The Hall–Kier alpha value is -4.03. The fourth-order valence-electron chi connectivity index (χ4n) is 3.60. The van der Waals surface area contributed by atoms with Crippen molar-refractivity contribution in [1.82, 2.24) is 9.97 Å². The maximum absolute atomic E-state index is 11.6. The molecule has 4 rings (SSSR count). The predicted molar refractivity (Wildman–Crippen MR) is 155 cm³/mol. The van der Waals surface area contributed by atoms with Crippen molar-refractivity contribution >= 4 is 24.3 Å². The Morgan fingerprint density at radius 2 is 0.923 bits per heavy atom. The van der Waals surface area contributed by atoms with Crippen molar-refractivity contribution in [2.45, 2.75) is 38.5 Å². The summed E-state index contributed by atoms with van der Waals surface area (Å²) in [5.74, 6) is -0.348. The summed E-state index contributed by atoms with van der Waals surface area (Å²) in [7, 11) is 0. The first-order valence-corrected chi connectivity index (χ1v) is 12.9. The maximum Gasteiger partial charge on any atom is 0.310 e. The number of hydrogen-bond donors (Lipinski definition) is 0. The Kier molecular flexibility index (Phi) is 15.3. The van der Waals surface area contributed by atoms with Crippen LogP contribution in [0.15, 0.2) is 109 Å². The zero-order valence-corrected chi connectivity index (χ0v) is 22.8. The van der Waals surface area contributed by atoms with Gasteiger partial charge in [-0.1, -0.05) is 72.8 Å². The zero-order chi connectivity index (χ0) is 26.7. The van der Waals surface area contributed by atoms with Gasteiger partial charge in [-0.15, -0.1) is 12.4 Å². The lowest BCUT2D eigenvalue weighted by molar-refractivity contribution is -0.143. The van der Waals surface area contributed by atoms with Crippen molar-refractivity contribution in [2.24, 2.45) is 0 Å². The second-order valence-electron chi connectivity index (χ2n) is 8.61. The molecule has 2 aromatic carbocycles. The third-order valence-electron chi connectivity index (χ3n) is 5.52. The number of benzene rings is 2. The van der Waals surface area contributed by atoms with Gasteiger partial charge in [0.2, 0.25) is 0 Å². The monoisotopic (exact) mass is 546 g/mol. The molecule has 2 heterocycles. The third-order valence-corrected chi connectivity index (χ3v) is 5.52. The second-order valence-corrected chi connectivity index (χ2v) is 8.61. The lowest BCUT2D eigenvalue weighted by atomic mass is 10.1. The van der Waals surface area contributed by atoms with Crippen molar-refractivity contribution in [1.29, 1.82) is 0 Å². The van der Waals surface area contributed by atoms with Gasteiger partial charge in [-0.05, 0) is 61.1 Å². The lowest BCUT2D eigenvalue weighted by Gasteiger charge is -2.04. The van der Waals surface area contributed by atoms with E-state index in [-0.39, 0.29) is 24.3 Å². The predicted octanol–water partition coefficient (Wildman–Crippen LogP) is 6.02. The first kappa shape index (κ1) is 31.2. The third kappa shape index (κ3) is 13.9. The van der Waals surface area contributed by atoms with Crippen molar-refractivity contribution in [2.75, 3.05) is 13.2 Å². The Morgan fingerprint density at radius 3 is 1.28 bits per heavy atom. The van der Waals surface area contributed by atoms with E-state index < -0.39 is 0 Å². The topological polar surface area (TPSA) is 78.4 Å². The highest BCUT2D eigenvalue weighted by atomic mass is 35.5. The summed E-state index contributed by atoms with van der Waals surface area (Å²) in [6.07, 6.45) is 7.50. The van der Waals surface area contributed by atoms with Crippen molar-refractivity contribution in [3.63, 3.8) is 0 Å². The van der Waals surface area contributed by atoms with Gasteiger partial charge in [-0.3, -0.25) is 19.6 Å². The van der Waals surface area contributed by atoms with E-state index >= 15 is 0 Å². The van der Waals surface area contributed by atoms with Crippen LogP contribution in [-0.2, 0) is 44.7 Å². The summed E-state index contributed by atoms with van der Waals surface area (Å²) in [6, 6.07) is 30.9. The molecule has 2 aromatic heterocycles. The molecule has 0 aliphatic rings. The average molecular weight is 547 g/mol. The van der Waals surface area contributed by atoms with Crippen molar-refractivity contribution in [3.05, 3.63) is 132 Å². The minimum absolute atomic E-state index is 0. The van der Waals surface area contributed by atoms with Crippen LogP contribution in [0.3, 0.4) is 0 Å². The van der Waals surface area contributed by atoms with Crippen LogP contribution >= 0.6 is 12.4 Å². The number of rotatable bonds is 12. The smallest absolute Gasteiger partial charge is 0.310 e. The molecular weight excluding hydrogens is 512 g/mol. The fourth-order valence-corrected chi connectivity index (χ4v) is 3.60. The Bertz CT molecular complexity index is 1100. The van der Waals surface area contributed by atoms with Crippen LogP contribution < -0.4 is 0 Å². The van der Waals surface area contributed by atoms with Gasteiger partial charge >= 0.3 is 11.9 Å². The summed E-state index contributed by atoms with van der Waals surface area (Å²) < 4.78 is 10.4. The summed E-state index contributed by atoms with van der Waals surface area (Å²) in [5, 5.41) is 0. The molecule has 0 unspecified atom stereocenters. The van der Waals surface area contributed by atoms with Gasteiger partial charge < -0.3 is 9.47 Å². The van der Waals surface area contributed by atoms with Crippen LogP contribution in [0.5, 0.6) is 0 Å². The summed E-state index contributed by atoms with van der Waals surface area (Å²) >= 11 is 0. The normalized spacial score (nSPS) is 9.85.